The summed E-state index contributed by atoms with van der Waals surface area (Å²) < 4.78 is 10.6. The van der Waals surface area contributed by atoms with Crippen molar-refractivity contribution in [1.82, 2.24) is 4.90 Å². The molecule has 0 bridgehead atoms. The molecule has 1 atom stereocenters. The number of ether oxygens (including phenoxy) is 2. The van der Waals surface area contributed by atoms with E-state index >= 15 is 0 Å². The zero-order valence-electron chi connectivity index (χ0n) is 20.9. The summed E-state index contributed by atoms with van der Waals surface area (Å²) in [5.74, 6) is -0.611. The van der Waals surface area contributed by atoms with Gasteiger partial charge in [-0.1, -0.05) is 6.92 Å². The monoisotopic (exact) mass is 481 g/mol. The van der Waals surface area contributed by atoms with Gasteiger partial charge < -0.3 is 19.7 Å². The van der Waals surface area contributed by atoms with Gasteiger partial charge in [-0.25, -0.2) is 4.90 Å². The van der Waals surface area contributed by atoms with Crippen LogP contribution in [0.2, 0.25) is 0 Å². The molecular weight excluding hydrogens is 450 g/mol. The van der Waals surface area contributed by atoms with E-state index in [4.69, 9.17) is 9.47 Å². The number of imide groups is 1. The van der Waals surface area contributed by atoms with Gasteiger partial charge in [-0.15, -0.1) is 0 Å². The van der Waals surface area contributed by atoms with Gasteiger partial charge in [-0.05, 0) is 62.7 Å². The van der Waals surface area contributed by atoms with Gasteiger partial charge in [0.1, 0.15) is 6.04 Å². The van der Waals surface area contributed by atoms with Gasteiger partial charge >= 0.3 is 0 Å². The van der Waals surface area contributed by atoms with Crippen molar-refractivity contribution in [3.8, 4) is 11.5 Å². The number of methoxy groups -OCH3 is 2. The molecule has 186 valence electrons. The molecule has 1 aliphatic rings. The number of nitrogens with zero attached hydrogens (tertiary/aromatic N) is 2. The van der Waals surface area contributed by atoms with Crippen molar-refractivity contribution in [2.24, 2.45) is 0 Å². The average Bonchev–Trinajstić information content (AvgIpc) is 3.11. The molecular formula is C26H31N3O6. The summed E-state index contributed by atoms with van der Waals surface area (Å²) in [4.78, 5) is 54.2. The van der Waals surface area contributed by atoms with Gasteiger partial charge in [0.15, 0.2) is 11.5 Å². The topological polar surface area (TPSA) is 105 Å². The van der Waals surface area contributed by atoms with Gasteiger partial charge in [-0.3, -0.25) is 19.2 Å². The molecule has 0 spiro atoms. The van der Waals surface area contributed by atoms with Gasteiger partial charge in [0.05, 0.1) is 26.3 Å². The lowest BCUT2D eigenvalue weighted by Gasteiger charge is -2.41. The maximum Gasteiger partial charge on any atom is 0.257 e. The van der Waals surface area contributed by atoms with Crippen LogP contribution in [-0.4, -0.2) is 54.3 Å². The van der Waals surface area contributed by atoms with E-state index in [2.05, 4.69) is 5.32 Å². The van der Waals surface area contributed by atoms with Crippen LogP contribution in [0.25, 0.3) is 0 Å². The van der Waals surface area contributed by atoms with E-state index in [1.54, 1.807) is 42.5 Å². The fourth-order valence-corrected chi connectivity index (χ4v) is 4.10. The van der Waals surface area contributed by atoms with Crippen molar-refractivity contribution in [1.29, 1.82) is 0 Å². The third-order valence-electron chi connectivity index (χ3n) is 6.25. The SMILES string of the molecule is CCC(C)(C)N(C(=O)c1ccc(OC)c(OC)c1)C1CC(=O)N(c2ccc(NC(C)=O)cc2)C1=O. The number of carbonyl (C=O) groups excluding carboxylic acids is 4. The van der Waals surface area contributed by atoms with Gasteiger partial charge in [-0.2, -0.15) is 0 Å². The third-order valence-corrected chi connectivity index (χ3v) is 6.25. The van der Waals surface area contributed by atoms with Crippen LogP contribution >= 0.6 is 0 Å². The zero-order valence-corrected chi connectivity index (χ0v) is 20.9. The summed E-state index contributed by atoms with van der Waals surface area (Å²) in [6.07, 6.45) is 0.435. The molecule has 35 heavy (non-hydrogen) atoms. The van der Waals surface area contributed by atoms with E-state index in [0.29, 0.717) is 34.9 Å². The zero-order chi connectivity index (χ0) is 25.9. The van der Waals surface area contributed by atoms with Crippen LogP contribution in [0, 0.1) is 0 Å². The smallest absolute Gasteiger partial charge is 0.257 e. The molecule has 1 heterocycles. The molecule has 2 aromatic rings. The highest BCUT2D eigenvalue weighted by Gasteiger charge is 2.48. The van der Waals surface area contributed by atoms with Crippen LogP contribution in [0.15, 0.2) is 42.5 Å². The maximum absolute atomic E-state index is 13.8. The predicted molar refractivity (Wildman–Crippen MR) is 132 cm³/mol. The maximum atomic E-state index is 13.8. The highest BCUT2D eigenvalue weighted by molar-refractivity contribution is 6.23. The molecule has 2 aromatic carbocycles. The minimum atomic E-state index is -0.965. The van der Waals surface area contributed by atoms with Crippen LogP contribution in [0.4, 0.5) is 11.4 Å². The summed E-state index contributed by atoms with van der Waals surface area (Å²) >= 11 is 0. The number of amides is 4. The van der Waals surface area contributed by atoms with E-state index in [1.807, 2.05) is 20.8 Å². The van der Waals surface area contributed by atoms with Crippen molar-refractivity contribution >= 4 is 35.0 Å². The molecule has 1 aliphatic heterocycles. The van der Waals surface area contributed by atoms with Crippen molar-refractivity contribution in [3.05, 3.63) is 48.0 Å². The molecule has 1 unspecified atom stereocenters. The Kier molecular flexibility index (Phi) is 7.48. The number of hydrogen-bond acceptors (Lipinski definition) is 6. The average molecular weight is 482 g/mol. The lowest BCUT2D eigenvalue weighted by atomic mass is 9.94. The first-order chi connectivity index (χ1) is 16.5. The molecule has 0 aromatic heterocycles. The van der Waals surface area contributed by atoms with Crippen LogP contribution in [0.5, 0.6) is 11.5 Å². The van der Waals surface area contributed by atoms with Crippen molar-refractivity contribution in [2.75, 3.05) is 24.4 Å². The molecule has 4 amide bonds. The second kappa shape index (κ2) is 10.2. The lowest BCUT2D eigenvalue weighted by molar-refractivity contribution is -0.123. The molecule has 9 nitrogen and oxygen atoms in total. The standard InChI is InChI=1S/C26H31N3O6/c1-7-26(3,4)29(24(32)17-8-13-21(34-5)22(14-17)35-6)20-15-23(31)28(25(20)33)19-11-9-18(10-12-19)27-16(2)30/h8-14,20H,7,15H2,1-6H3,(H,27,30). The van der Waals surface area contributed by atoms with Gasteiger partial charge in [0, 0.05) is 23.7 Å². The van der Waals surface area contributed by atoms with Crippen molar-refractivity contribution < 1.29 is 28.7 Å². The molecule has 1 fully saturated rings. The Hall–Kier alpha value is -3.88. The highest BCUT2D eigenvalue weighted by Crippen LogP contribution is 2.34. The van der Waals surface area contributed by atoms with Crippen molar-refractivity contribution in [2.45, 2.75) is 52.1 Å². The minimum absolute atomic E-state index is 0.130. The number of nitrogens with one attached hydrogen (secondary N) is 1. The normalized spacial score (nSPS) is 15.7. The molecule has 0 radical (unpaired) electrons. The Bertz CT molecular complexity index is 1140. The lowest BCUT2D eigenvalue weighted by Crippen LogP contribution is -2.55. The van der Waals surface area contributed by atoms with Crippen LogP contribution in [0.3, 0.4) is 0 Å². The summed E-state index contributed by atoms with van der Waals surface area (Å²) in [7, 11) is 2.99. The van der Waals surface area contributed by atoms with Gasteiger partial charge in [0.25, 0.3) is 11.8 Å². The number of carbonyl (C=O) groups is 4. The van der Waals surface area contributed by atoms with Gasteiger partial charge in [0.2, 0.25) is 11.8 Å². The second-order valence-corrected chi connectivity index (χ2v) is 8.93. The second-order valence-electron chi connectivity index (χ2n) is 8.93. The molecule has 0 aliphatic carbocycles. The number of hydrogen-bond donors (Lipinski definition) is 1. The molecule has 1 saturated heterocycles. The largest absolute Gasteiger partial charge is 0.493 e. The molecule has 0 saturated carbocycles. The van der Waals surface area contributed by atoms with E-state index in [-0.39, 0.29) is 18.2 Å². The Morgan fingerprint density at radius 3 is 2.23 bits per heavy atom. The minimum Gasteiger partial charge on any atom is -0.493 e. The van der Waals surface area contributed by atoms with Crippen LogP contribution in [-0.2, 0) is 14.4 Å². The number of rotatable bonds is 8. The van der Waals surface area contributed by atoms with E-state index in [0.717, 1.165) is 4.90 Å². The quantitative estimate of drug-likeness (QED) is 0.578. The first-order valence-electron chi connectivity index (χ1n) is 11.3. The summed E-state index contributed by atoms with van der Waals surface area (Å²) in [6.45, 7) is 7.06. The Balaban J connectivity index is 1.97. The van der Waals surface area contributed by atoms with E-state index < -0.39 is 23.4 Å². The summed E-state index contributed by atoms with van der Waals surface area (Å²) in [6, 6.07) is 10.3. The predicted octanol–water partition coefficient (Wildman–Crippen LogP) is 3.63. The van der Waals surface area contributed by atoms with Crippen LogP contribution in [0.1, 0.15) is 50.9 Å². The van der Waals surface area contributed by atoms with E-state index in [9.17, 15) is 19.2 Å². The molecule has 1 N–H and O–H groups in total. The molecule has 3 rings (SSSR count). The van der Waals surface area contributed by atoms with Crippen LogP contribution < -0.4 is 19.7 Å². The van der Waals surface area contributed by atoms with E-state index in [1.165, 1.54) is 26.0 Å². The Morgan fingerprint density at radius 2 is 1.69 bits per heavy atom. The fourth-order valence-electron chi connectivity index (χ4n) is 4.10. The summed E-state index contributed by atoms with van der Waals surface area (Å²) in [5.41, 5.74) is 0.539. The first kappa shape index (κ1) is 25.7. The number of anilines is 2. The highest BCUT2D eigenvalue weighted by atomic mass is 16.5. The Labute approximate surface area is 205 Å². The summed E-state index contributed by atoms with van der Waals surface area (Å²) in [5, 5.41) is 2.65. The Morgan fingerprint density at radius 1 is 1.06 bits per heavy atom. The third kappa shape index (κ3) is 5.13. The van der Waals surface area contributed by atoms with Crippen molar-refractivity contribution in [3.63, 3.8) is 0 Å². The first-order valence-corrected chi connectivity index (χ1v) is 11.3. The number of benzene rings is 2. The molecule has 9 heteroatoms. The fraction of sp³-hybridized carbons (Fsp3) is 0.385.